The van der Waals surface area contributed by atoms with Gasteiger partial charge in [0.2, 0.25) is 5.91 Å². The summed E-state index contributed by atoms with van der Waals surface area (Å²) in [6.45, 7) is 10.7. The van der Waals surface area contributed by atoms with Gasteiger partial charge in [-0.2, -0.15) is 0 Å². The summed E-state index contributed by atoms with van der Waals surface area (Å²) in [4.78, 5) is 26.5. The molecule has 1 amide bonds. The molecule has 5 nitrogen and oxygen atoms in total. The van der Waals surface area contributed by atoms with Crippen molar-refractivity contribution in [1.29, 1.82) is 0 Å². The van der Waals surface area contributed by atoms with Crippen LogP contribution in [0.2, 0.25) is 0 Å². The van der Waals surface area contributed by atoms with Crippen LogP contribution >= 0.6 is 0 Å². The van der Waals surface area contributed by atoms with Crippen molar-refractivity contribution < 1.29 is 9.59 Å². The predicted octanol–water partition coefficient (Wildman–Crippen LogP) is 3.35. The molecular weight excluding hydrogens is 326 g/mol. The van der Waals surface area contributed by atoms with E-state index in [1.807, 2.05) is 57.2 Å². The molecule has 1 aromatic heterocycles. The lowest BCUT2D eigenvalue weighted by Crippen LogP contribution is -2.34. The van der Waals surface area contributed by atoms with E-state index in [-0.39, 0.29) is 24.8 Å². The van der Waals surface area contributed by atoms with Crippen LogP contribution in [0.3, 0.4) is 0 Å². The minimum absolute atomic E-state index is 0.0130. The second-order valence-electron chi connectivity index (χ2n) is 6.69. The van der Waals surface area contributed by atoms with Gasteiger partial charge in [0.1, 0.15) is 0 Å². The zero-order valence-electron chi connectivity index (χ0n) is 16.0. The fourth-order valence-electron chi connectivity index (χ4n) is 2.96. The van der Waals surface area contributed by atoms with E-state index < -0.39 is 0 Å². The van der Waals surface area contributed by atoms with Crippen LogP contribution in [0.1, 0.15) is 27.3 Å². The van der Waals surface area contributed by atoms with Gasteiger partial charge in [0.05, 0.1) is 13.1 Å². The Kier molecular flexibility index (Phi) is 6.52. The summed E-state index contributed by atoms with van der Waals surface area (Å²) < 4.78 is 2.06. The number of benzene rings is 1. The third kappa shape index (κ3) is 4.92. The average molecular weight is 353 g/mol. The van der Waals surface area contributed by atoms with Crippen LogP contribution in [0.5, 0.6) is 0 Å². The molecule has 138 valence electrons. The number of hydrogen-bond acceptors (Lipinski definition) is 3. The Morgan fingerprint density at radius 3 is 2.42 bits per heavy atom. The van der Waals surface area contributed by atoms with E-state index in [2.05, 4.69) is 16.5 Å². The molecule has 1 heterocycles. The lowest BCUT2D eigenvalue weighted by molar-refractivity contribution is -0.116. The third-order valence-electron chi connectivity index (χ3n) is 4.35. The van der Waals surface area contributed by atoms with Crippen molar-refractivity contribution in [3.05, 3.63) is 65.5 Å². The van der Waals surface area contributed by atoms with Gasteiger partial charge in [-0.15, -0.1) is 6.58 Å². The highest BCUT2D eigenvalue weighted by Gasteiger charge is 2.18. The molecule has 0 aliphatic heterocycles. The summed E-state index contributed by atoms with van der Waals surface area (Å²) in [5.74, 6) is -0.125. The average Bonchev–Trinajstić information content (AvgIpc) is 2.85. The number of rotatable bonds is 8. The Hall–Kier alpha value is -2.66. The predicted molar refractivity (Wildman–Crippen MR) is 106 cm³/mol. The number of ketones is 1. The Morgan fingerprint density at radius 1 is 1.15 bits per heavy atom. The minimum atomic E-state index is -0.138. The minimum Gasteiger partial charge on any atom is -0.345 e. The molecule has 0 aliphatic rings. The van der Waals surface area contributed by atoms with Crippen molar-refractivity contribution in [1.82, 2.24) is 9.47 Å². The monoisotopic (exact) mass is 353 g/mol. The highest BCUT2D eigenvalue weighted by atomic mass is 16.2. The molecule has 0 saturated carbocycles. The van der Waals surface area contributed by atoms with Gasteiger partial charge in [-0.25, -0.2) is 0 Å². The van der Waals surface area contributed by atoms with Gasteiger partial charge >= 0.3 is 0 Å². The molecule has 0 atom stereocenters. The van der Waals surface area contributed by atoms with E-state index in [0.717, 1.165) is 22.6 Å². The smallest absolute Gasteiger partial charge is 0.238 e. The lowest BCUT2D eigenvalue weighted by Gasteiger charge is -2.15. The third-order valence-corrected chi connectivity index (χ3v) is 4.35. The van der Waals surface area contributed by atoms with Gasteiger partial charge in [0.15, 0.2) is 5.78 Å². The molecule has 0 bridgehead atoms. The molecule has 0 fully saturated rings. The molecule has 0 spiro atoms. The van der Waals surface area contributed by atoms with Crippen LogP contribution in [0.4, 0.5) is 5.69 Å². The Bertz CT molecular complexity index is 803. The van der Waals surface area contributed by atoms with Gasteiger partial charge < -0.3 is 9.88 Å². The standard InChI is InChI=1S/C21H27N3O2/c1-6-11-24-16(3)12-19(17(24)4)20(25)13-23(5)14-21(26)22-18-9-7-15(2)8-10-18/h6-10,12H,1,11,13-14H2,2-5H3,(H,22,26). The Morgan fingerprint density at radius 2 is 1.81 bits per heavy atom. The van der Waals surface area contributed by atoms with Crippen LogP contribution in [0.15, 0.2) is 43.0 Å². The van der Waals surface area contributed by atoms with Gasteiger partial charge in [0.25, 0.3) is 0 Å². The van der Waals surface area contributed by atoms with Crippen LogP contribution < -0.4 is 5.32 Å². The molecule has 26 heavy (non-hydrogen) atoms. The highest BCUT2D eigenvalue weighted by Crippen LogP contribution is 2.16. The van der Waals surface area contributed by atoms with E-state index in [0.29, 0.717) is 12.1 Å². The first-order valence-electron chi connectivity index (χ1n) is 8.67. The molecule has 0 unspecified atom stereocenters. The number of carbonyl (C=O) groups is 2. The summed E-state index contributed by atoms with van der Waals surface area (Å²) >= 11 is 0. The topological polar surface area (TPSA) is 54.3 Å². The largest absolute Gasteiger partial charge is 0.345 e. The van der Waals surface area contributed by atoms with Crippen molar-refractivity contribution >= 4 is 17.4 Å². The Balaban J connectivity index is 1.94. The number of allylic oxidation sites excluding steroid dienone is 1. The maximum Gasteiger partial charge on any atom is 0.238 e. The normalized spacial score (nSPS) is 10.8. The van der Waals surface area contributed by atoms with E-state index in [1.54, 1.807) is 11.9 Å². The quantitative estimate of drug-likeness (QED) is 0.585. The SMILES string of the molecule is C=CCn1c(C)cc(C(=O)CN(C)CC(=O)Nc2ccc(C)cc2)c1C. The number of nitrogens with zero attached hydrogens (tertiary/aromatic N) is 2. The molecule has 5 heteroatoms. The maximum atomic E-state index is 12.6. The second-order valence-corrected chi connectivity index (χ2v) is 6.69. The molecule has 0 saturated heterocycles. The fraction of sp³-hybridized carbons (Fsp3) is 0.333. The highest BCUT2D eigenvalue weighted by molar-refractivity contribution is 5.99. The number of amides is 1. The van der Waals surface area contributed by atoms with Crippen molar-refractivity contribution in [2.45, 2.75) is 27.3 Å². The number of carbonyl (C=O) groups excluding carboxylic acids is 2. The molecule has 1 aromatic carbocycles. The van der Waals surface area contributed by atoms with E-state index >= 15 is 0 Å². The molecule has 1 N–H and O–H groups in total. The zero-order valence-corrected chi connectivity index (χ0v) is 16.0. The van der Waals surface area contributed by atoms with E-state index in [4.69, 9.17) is 0 Å². The number of aryl methyl sites for hydroxylation is 2. The first kappa shape index (κ1) is 19.7. The number of Topliss-reactive ketones (excluding diaryl/α,β-unsaturated/α-hetero) is 1. The van der Waals surface area contributed by atoms with Gasteiger partial charge in [-0.05, 0) is 46.0 Å². The molecule has 2 aromatic rings. The van der Waals surface area contributed by atoms with Crippen LogP contribution in [0.25, 0.3) is 0 Å². The summed E-state index contributed by atoms with van der Waals surface area (Å²) in [7, 11) is 1.77. The summed E-state index contributed by atoms with van der Waals surface area (Å²) in [5, 5.41) is 2.85. The maximum absolute atomic E-state index is 12.6. The van der Waals surface area contributed by atoms with Crippen LogP contribution in [0, 0.1) is 20.8 Å². The number of hydrogen-bond donors (Lipinski definition) is 1. The first-order chi connectivity index (χ1) is 12.3. The summed E-state index contributed by atoms with van der Waals surface area (Å²) in [5.41, 5.74) is 4.57. The van der Waals surface area contributed by atoms with Crippen molar-refractivity contribution in [3.63, 3.8) is 0 Å². The van der Waals surface area contributed by atoms with Crippen molar-refractivity contribution in [3.8, 4) is 0 Å². The summed E-state index contributed by atoms with van der Waals surface area (Å²) in [6, 6.07) is 9.53. The zero-order chi connectivity index (χ0) is 19.3. The molecule has 0 aliphatic carbocycles. The Labute approximate surface area is 155 Å². The lowest BCUT2D eigenvalue weighted by atomic mass is 10.1. The van der Waals surface area contributed by atoms with E-state index in [1.165, 1.54) is 0 Å². The molecule has 2 rings (SSSR count). The number of likely N-dealkylation sites (N-methyl/N-ethyl adjacent to an activating group) is 1. The number of nitrogens with one attached hydrogen (secondary N) is 1. The van der Waals surface area contributed by atoms with Gasteiger partial charge in [0, 0.05) is 29.2 Å². The number of aromatic nitrogens is 1. The van der Waals surface area contributed by atoms with Crippen LogP contribution in [-0.4, -0.2) is 41.3 Å². The van der Waals surface area contributed by atoms with Crippen LogP contribution in [-0.2, 0) is 11.3 Å². The second kappa shape index (κ2) is 8.63. The van der Waals surface area contributed by atoms with Crippen molar-refractivity contribution in [2.24, 2.45) is 0 Å². The fourth-order valence-corrected chi connectivity index (χ4v) is 2.96. The summed E-state index contributed by atoms with van der Waals surface area (Å²) in [6.07, 6.45) is 1.82. The molecule has 0 radical (unpaired) electrons. The van der Waals surface area contributed by atoms with E-state index in [9.17, 15) is 9.59 Å². The molecular formula is C21H27N3O2. The number of anilines is 1. The first-order valence-corrected chi connectivity index (χ1v) is 8.67. The van der Waals surface area contributed by atoms with Crippen molar-refractivity contribution in [2.75, 3.05) is 25.5 Å². The van der Waals surface area contributed by atoms with Gasteiger partial charge in [-0.3, -0.25) is 14.5 Å². The van der Waals surface area contributed by atoms with Gasteiger partial charge in [-0.1, -0.05) is 23.8 Å².